The van der Waals surface area contributed by atoms with Crippen LogP contribution in [0.5, 0.6) is 0 Å². The third kappa shape index (κ3) is 4.58. The first kappa shape index (κ1) is 13.4. The Hall–Kier alpha value is -0.610. The molecule has 0 fully saturated rings. The zero-order chi connectivity index (χ0) is 11.1. The monoisotopic (exact) mass is 203 g/mol. The van der Waals surface area contributed by atoms with Gasteiger partial charge in [0.2, 0.25) is 0 Å². The van der Waals surface area contributed by atoms with E-state index in [1.165, 1.54) is 0 Å². The van der Waals surface area contributed by atoms with Crippen LogP contribution in [0.3, 0.4) is 0 Å². The summed E-state index contributed by atoms with van der Waals surface area (Å²) in [5.74, 6) is -1.14. The predicted molar refractivity (Wildman–Crippen MR) is 55.4 cm³/mol. The fraction of sp³-hybridized carbons (Fsp3) is 0.900. The molecule has 3 atom stereocenters. The molecule has 84 valence electrons. The average Bonchev–Trinajstić information content (AvgIpc) is 2.15. The topological polar surface area (TPSA) is 58.6 Å². The van der Waals surface area contributed by atoms with Crippen molar-refractivity contribution in [1.82, 2.24) is 5.32 Å². The molecule has 0 saturated carbocycles. The van der Waals surface area contributed by atoms with E-state index in [2.05, 4.69) is 12.2 Å². The molecule has 2 N–H and O–H groups in total. The first-order valence-corrected chi connectivity index (χ1v) is 5.00. The second kappa shape index (κ2) is 6.79. The van der Waals surface area contributed by atoms with E-state index in [1.54, 1.807) is 14.0 Å². The van der Waals surface area contributed by atoms with E-state index < -0.39 is 5.97 Å². The largest absolute Gasteiger partial charge is 0.481 e. The van der Waals surface area contributed by atoms with Crippen LogP contribution in [0.4, 0.5) is 0 Å². The lowest BCUT2D eigenvalue weighted by molar-refractivity contribution is -0.142. The number of aliphatic carboxylic acids is 1. The van der Waals surface area contributed by atoms with E-state index in [1.807, 2.05) is 6.92 Å². The number of carboxylic acid groups (broad SMARTS) is 1. The maximum Gasteiger partial charge on any atom is 0.307 e. The molecule has 0 aliphatic rings. The third-order valence-corrected chi connectivity index (χ3v) is 2.50. The van der Waals surface area contributed by atoms with Gasteiger partial charge in [0.1, 0.15) is 0 Å². The highest BCUT2D eigenvalue weighted by atomic mass is 16.5. The molecule has 0 aromatic rings. The number of hydrogen-bond donors (Lipinski definition) is 2. The molecule has 0 saturated heterocycles. The lowest BCUT2D eigenvalue weighted by Crippen LogP contribution is -2.44. The highest BCUT2D eigenvalue weighted by Gasteiger charge is 2.21. The van der Waals surface area contributed by atoms with Gasteiger partial charge in [-0.05, 0) is 13.3 Å². The molecular weight excluding hydrogens is 182 g/mol. The van der Waals surface area contributed by atoms with Crippen molar-refractivity contribution in [1.29, 1.82) is 0 Å². The normalized spacial score (nSPS) is 17.4. The predicted octanol–water partition coefficient (Wildman–Crippen LogP) is 1.11. The van der Waals surface area contributed by atoms with E-state index in [0.29, 0.717) is 6.61 Å². The lowest BCUT2D eigenvalue weighted by atomic mass is 10.0. The van der Waals surface area contributed by atoms with Gasteiger partial charge < -0.3 is 15.2 Å². The molecule has 0 aromatic heterocycles. The first-order valence-electron chi connectivity index (χ1n) is 5.00. The van der Waals surface area contributed by atoms with E-state index in [-0.39, 0.29) is 18.0 Å². The number of nitrogens with one attached hydrogen (secondary N) is 1. The van der Waals surface area contributed by atoms with Gasteiger partial charge in [0, 0.05) is 19.2 Å². The zero-order valence-corrected chi connectivity index (χ0v) is 9.41. The van der Waals surface area contributed by atoms with E-state index in [4.69, 9.17) is 9.84 Å². The molecule has 3 unspecified atom stereocenters. The fourth-order valence-corrected chi connectivity index (χ4v) is 1.21. The van der Waals surface area contributed by atoms with E-state index in [9.17, 15) is 4.79 Å². The lowest BCUT2D eigenvalue weighted by Gasteiger charge is -2.24. The molecule has 0 aromatic carbocycles. The molecule has 14 heavy (non-hydrogen) atoms. The molecule has 0 spiro atoms. The van der Waals surface area contributed by atoms with Gasteiger partial charge in [-0.1, -0.05) is 13.8 Å². The molecule has 0 heterocycles. The second-order valence-electron chi connectivity index (χ2n) is 3.64. The summed E-state index contributed by atoms with van der Waals surface area (Å²) >= 11 is 0. The van der Waals surface area contributed by atoms with Crippen molar-refractivity contribution < 1.29 is 14.6 Å². The van der Waals surface area contributed by atoms with Gasteiger partial charge in [0.15, 0.2) is 0 Å². The minimum absolute atomic E-state index is 0.0346. The minimum atomic E-state index is -0.766. The van der Waals surface area contributed by atoms with E-state index >= 15 is 0 Å². The number of carbonyl (C=O) groups is 1. The van der Waals surface area contributed by atoms with Gasteiger partial charge in [-0.2, -0.15) is 0 Å². The number of hydrogen-bond acceptors (Lipinski definition) is 3. The van der Waals surface area contributed by atoms with Crippen molar-refractivity contribution >= 4 is 5.97 Å². The quantitative estimate of drug-likeness (QED) is 0.650. The van der Waals surface area contributed by atoms with Crippen molar-refractivity contribution in [3.8, 4) is 0 Å². The third-order valence-electron chi connectivity index (χ3n) is 2.50. The van der Waals surface area contributed by atoms with Crippen LogP contribution in [0.2, 0.25) is 0 Å². The molecule has 0 radical (unpaired) electrons. The second-order valence-corrected chi connectivity index (χ2v) is 3.64. The van der Waals surface area contributed by atoms with Crippen LogP contribution >= 0.6 is 0 Å². The number of rotatable bonds is 7. The number of methoxy groups -OCH3 is 1. The Morgan fingerprint density at radius 3 is 2.43 bits per heavy atom. The molecular formula is C10H21NO3. The van der Waals surface area contributed by atoms with Gasteiger partial charge in [0.05, 0.1) is 12.5 Å². The summed E-state index contributed by atoms with van der Waals surface area (Å²) in [6, 6.07) is 0.199. The Labute approximate surface area is 85.6 Å². The first-order chi connectivity index (χ1) is 6.52. The molecule has 4 nitrogen and oxygen atoms in total. The van der Waals surface area contributed by atoms with Crippen LogP contribution in [-0.2, 0) is 9.53 Å². The molecule has 0 rings (SSSR count). The van der Waals surface area contributed by atoms with Crippen LogP contribution in [0, 0.1) is 5.92 Å². The van der Waals surface area contributed by atoms with Crippen molar-refractivity contribution in [3.05, 3.63) is 0 Å². The van der Waals surface area contributed by atoms with Gasteiger partial charge in [-0.15, -0.1) is 0 Å². The minimum Gasteiger partial charge on any atom is -0.481 e. The van der Waals surface area contributed by atoms with Crippen LogP contribution in [0.15, 0.2) is 0 Å². The van der Waals surface area contributed by atoms with Crippen molar-refractivity contribution in [2.24, 2.45) is 5.92 Å². The molecule has 0 aliphatic carbocycles. The number of carboxylic acids is 1. The maximum absolute atomic E-state index is 10.7. The SMILES string of the molecule is CCC(COC)NC(C)C(C)C(=O)O. The molecule has 0 aliphatic heterocycles. The summed E-state index contributed by atoms with van der Waals surface area (Å²) in [7, 11) is 1.65. The smallest absolute Gasteiger partial charge is 0.307 e. The van der Waals surface area contributed by atoms with Crippen LogP contribution in [0.25, 0.3) is 0 Å². The van der Waals surface area contributed by atoms with Gasteiger partial charge in [-0.3, -0.25) is 4.79 Å². The standard InChI is InChI=1S/C10H21NO3/c1-5-9(6-14-4)11-8(3)7(2)10(12)13/h7-9,11H,5-6H2,1-4H3,(H,12,13). The number of ether oxygens (including phenoxy) is 1. The Kier molecular flexibility index (Phi) is 6.49. The summed E-state index contributed by atoms with van der Waals surface area (Å²) in [6.07, 6.45) is 0.935. The van der Waals surface area contributed by atoms with E-state index in [0.717, 1.165) is 6.42 Å². The Morgan fingerprint density at radius 2 is 2.07 bits per heavy atom. The van der Waals surface area contributed by atoms with Crippen molar-refractivity contribution in [3.63, 3.8) is 0 Å². The van der Waals surface area contributed by atoms with Gasteiger partial charge in [-0.25, -0.2) is 0 Å². The summed E-state index contributed by atoms with van der Waals surface area (Å²) in [4.78, 5) is 10.7. The Morgan fingerprint density at radius 1 is 1.50 bits per heavy atom. The van der Waals surface area contributed by atoms with Crippen molar-refractivity contribution in [2.75, 3.05) is 13.7 Å². The summed E-state index contributed by atoms with van der Waals surface area (Å²) in [6.45, 7) is 6.26. The molecule has 0 bridgehead atoms. The van der Waals surface area contributed by atoms with Crippen LogP contribution in [0.1, 0.15) is 27.2 Å². The Bertz CT molecular complexity index is 173. The summed E-state index contributed by atoms with van der Waals surface area (Å²) in [5, 5.41) is 12.0. The van der Waals surface area contributed by atoms with Gasteiger partial charge in [0.25, 0.3) is 0 Å². The summed E-state index contributed by atoms with van der Waals surface area (Å²) in [5.41, 5.74) is 0. The molecule has 4 heteroatoms. The fourth-order valence-electron chi connectivity index (χ4n) is 1.21. The average molecular weight is 203 g/mol. The van der Waals surface area contributed by atoms with Crippen LogP contribution < -0.4 is 5.32 Å². The highest BCUT2D eigenvalue weighted by Crippen LogP contribution is 2.05. The van der Waals surface area contributed by atoms with Gasteiger partial charge >= 0.3 is 5.97 Å². The zero-order valence-electron chi connectivity index (χ0n) is 9.41. The highest BCUT2D eigenvalue weighted by molar-refractivity contribution is 5.70. The summed E-state index contributed by atoms with van der Waals surface area (Å²) < 4.78 is 5.03. The maximum atomic E-state index is 10.7. The molecule has 0 amide bonds. The van der Waals surface area contributed by atoms with Crippen molar-refractivity contribution in [2.45, 2.75) is 39.3 Å². The Balaban J connectivity index is 4.00. The van der Waals surface area contributed by atoms with Crippen LogP contribution in [-0.4, -0.2) is 36.9 Å².